The number of Topliss-reactive ketones (excluding diaryl/α,β-unsaturated/α-hetero) is 1. The molecule has 0 aromatic carbocycles. The van der Waals surface area contributed by atoms with E-state index in [1.54, 1.807) is 0 Å². The van der Waals surface area contributed by atoms with E-state index in [9.17, 15) is 13.2 Å². The summed E-state index contributed by atoms with van der Waals surface area (Å²) in [5.74, 6) is 0.424. The lowest BCUT2D eigenvalue weighted by Gasteiger charge is -2.02. The van der Waals surface area contributed by atoms with Gasteiger partial charge >= 0.3 is 0 Å². The Morgan fingerprint density at radius 2 is 1.94 bits per heavy atom. The molecule has 1 aromatic heterocycles. The van der Waals surface area contributed by atoms with Gasteiger partial charge in [0.2, 0.25) is 0 Å². The molecule has 0 N–H and O–H groups in total. The van der Waals surface area contributed by atoms with Crippen molar-refractivity contribution in [1.82, 2.24) is 4.57 Å². The van der Waals surface area contributed by atoms with Crippen molar-refractivity contribution in [2.45, 2.75) is 38.6 Å². The molecule has 4 nitrogen and oxygen atoms in total. The zero-order valence-corrected chi connectivity index (χ0v) is 11.5. The third-order valence-electron chi connectivity index (χ3n) is 3.29. The van der Waals surface area contributed by atoms with Crippen LogP contribution < -0.4 is 0 Å². The molecule has 100 valence electrons. The topological polar surface area (TPSA) is 56.1 Å². The molecule has 0 bridgehead atoms. The van der Waals surface area contributed by atoms with Crippen molar-refractivity contribution in [2.75, 3.05) is 12.0 Å². The average Bonchev–Trinajstić information content (AvgIpc) is 2.58. The fourth-order valence-electron chi connectivity index (χ4n) is 2.38. The highest BCUT2D eigenvalue weighted by Gasteiger charge is 2.17. The van der Waals surface area contributed by atoms with Gasteiger partial charge in [0, 0.05) is 37.2 Å². The van der Waals surface area contributed by atoms with Crippen LogP contribution in [0.3, 0.4) is 0 Å². The summed E-state index contributed by atoms with van der Waals surface area (Å²) < 4.78 is 24.1. The van der Waals surface area contributed by atoms with Crippen molar-refractivity contribution < 1.29 is 13.2 Å². The third kappa shape index (κ3) is 3.45. The van der Waals surface area contributed by atoms with E-state index in [1.165, 1.54) is 6.26 Å². The molecule has 0 radical (unpaired) electrons. The first kappa shape index (κ1) is 13.3. The van der Waals surface area contributed by atoms with E-state index in [0.29, 0.717) is 19.4 Å². The molecule has 5 heteroatoms. The Labute approximate surface area is 108 Å². The number of sulfone groups is 1. The summed E-state index contributed by atoms with van der Waals surface area (Å²) in [5, 5.41) is 0. The number of ketones is 1. The number of hydrogen-bond acceptors (Lipinski definition) is 3. The third-order valence-corrected chi connectivity index (χ3v) is 4.32. The zero-order chi connectivity index (χ0) is 13.2. The maximum absolute atomic E-state index is 11.8. The van der Waals surface area contributed by atoms with Crippen LogP contribution in [0.25, 0.3) is 0 Å². The zero-order valence-electron chi connectivity index (χ0n) is 10.7. The van der Waals surface area contributed by atoms with Crippen LogP contribution in [-0.4, -0.2) is 30.8 Å². The fourth-order valence-corrected chi connectivity index (χ4v) is 3.03. The molecule has 0 amide bonds. The molecule has 1 aliphatic carbocycles. The van der Waals surface area contributed by atoms with Gasteiger partial charge in [0.1, 0.15) is 9.84 Å². The molecule has 0 saturated carbocycles. The molecule has 1 aromatic rings. The van der Waals surface area contributed by atoms with Gasteiger partial charge < -0.3 is 4.57 Å². The van der Waals surface area contributed by atoms with E-state index in [4.69, 9.17) is 0 Å². The van der Waals surface area contributed by atoms with Crippen LogP contribution in [0.5, 0.6) is 0 Å². The van der Waals surface area contributed by atoms with E-state index >= 15 is 0 Å². The van der Waals surface area contributed by atoms with Crippen molar-refractivity contribution in [3.63, 3.8) is 0 Å². The van der Waals surface area contributed by atoms with Gasteiger partial charge in [-0.2, -0.15) is 0 Å². The maximum Gasteiger partial charge on any atom is 0.164 e. The Bertz CT molecular complexity index is 543. The molecule has 1 heterocycles. The Morgan fingerprint density at radius 3 is 2.67 bits per heavy atom. The fraction of sp³-hybridized carbons (Fsp3) is 0.615. The summed E-state index contributed by atoms with van der Waals surface area (Å²) in [4.78, 5) is 11.8. The molecule has 18 heavy (non-hydrogen) atoms. The van der Waals surface area contributed by atoms with Crippen molar-refractivity contribution in [1.29, 1.82) is 0 Å². The smallest absolute Gasteiger partial charge is 0.164 e. The molecule has 0 fully saturated rings. The van der Waals surface area contributed by atoms with Gasteiger partial charge in [-0.05, 0) is 31.2 Å². The predicted octanol–water partition coefficient (Wildman–Crippen LogP) is 1.83. The minimum absolute atomic E-state index is 0.198. The summed E-state index contributed by atoms with van der Waals surface area (Å²) in [6.45, 7) is 0.660. The van der Waals surface area contributed by atoms with E-state index in [0.717, 1.165) is 30.4 Å². The molecule has 1 aliphatic rings. The number of aromatic nitrogens is 1. The summed E-state index contributed by atoms with van der Waals surface area (Å²) >= 11 is 0. The van der Waals surface area contributed by atoms with Gasteiger partial charge in [0.25, 0.3) is 0 Å². The summed E-state index contributed by atoms with van der Waals surface area (Å²) in [6.07, 6.45) is 9.36. The number of hydrogen-bond donors (Lipinski definition) is 0. The Hall–Kier alpha value is -1.10. The van der Waals surface area contributed by atoms with E-state index in [1.807, 2.05) is 17.0 Å². The summed E-state index contributed by atoms with van der Waals surface area (Å²) in [6, 6.07) is 0. The van der Waals surface area contributed by atoms with Crippen molar-refractivity contribution in [2.24, 2.45) is 0 Å². The lowest BCUT2D eigenvalue weighted by atomic mass is 10.1. The predicted molar refractivity (Wildman–Crippen MR) is 70.6 cm³/mol. The minimum Gasteiger partial charge on any atom is -0.353 e. The lowest BCUT2D eigenvalue weighted by molar-refractivity contribution is 0.0982. The van der Waals surface area contributed by atoms with Crippen LogP contribution in [0, 0.1) is 0 Å². The second-order valence-electron chi connectivity index (χ2n) is 5.05. The van der Waals surface area contributed by atoms with Gasteiger partial charge in [-0.3, -0.25) is 4.79 Å². The first-order valence-corrected chi connectivity index (χ1v) is 8.41. The monoisotopic (exact) mass is 269 g/mol. The largest absolute Gasteiger partial charge is 0.353 e. The minimum atomic E-state index is -2.89. The molecular weight excluding hydrogens is 250 g/mol. The van der Waals surface area contributed by atoms with Crippen LogP contribution in [0.15, 0.2) is 12.4 Å². The van der Waals surface area contributed by atoms with Crippen LogP contribution in [-0.2, 0) is 22.8 Å². The highest BCUT2D eigenvalue weighted by atomic mass is 32.2. The van der Waals surface area contributed by atoms with Crippen molar-refractivity contribution in [3.8, 4) is 0 Å². The SMILES string of the molecule is CS(=O)(=O)CCCn1cc2c(c1)C(=O)CCCC2. The molecule has 0 unspecified atom stereocenters. The van der Waals surface area contributed by atoms with Gasteiger partial charge in [0.05, 0.1) is 5.75 Å². The van der Waals surface area contributed by atoms with Crippen LogP contribution in [0.4, 0.5) is 0 Å². The molecule has 0 saturated heterocycles. The molecule has 0 aliphatic heterocycles. The number of nitrogens with zero attached hydrogens (tertiary/aromatic N) is 1. The second kappa shape index (κ2) is 5.26. The number of carbonyl (C=O) groups is 1. The molecule has 2 rings (SSSR count). The summed E-state index contributed by atoms with van der Waals surface area (Å²) in [7, 11) is -2.89. The van der Waals surface area contributed by atoms with Crippen LogP contribution in [0.2, 0.25) is 0 Å². The van der Waals surface area contributed by atoms with Crippen molar-refractivity contribution in [3.05, 3.63) is 23.5 Å². The first-order chi connectivity index (χ1) is 8.46. The Kier molecular flexibility index (Phi) is 3.90. The highest BCUT2D eigenvalue weighted by molar-refractivity contribution is 7.90. The lowest BCUT2D eigenvalue weighted by Crippen LogP contribution is -2.06. The maximum atomic E-state index is 11.8. The molecule has 0 atom stereocenters. The van der Waals surface area contributed by atoms with E-state index in [2.05, 4.69) is 0 Å². The van der Waals surface area contributed by atoms with E-state index < -0.39 is 9.84 Å². The summed E-state index contributed by atoms with van der Waals surface area (Å²) in [5.41, 5.74) is 1.96. The highest BCUT2D eigenvalue weighted by Crippen LogP contribution is 2.21. The Morgan fingerprint density at radius 1 is 1.22 bits per heavy atom. The van der Waals surface area contributed by atoms with Gasteiger partial charge in [0.15, 0.2) is 5.78 Å². The van der Waals surface area contributed by atoms with Crippen LogP contribution in [0.1, 0.15) is 41.6 Å². The number of aryl methyl sites for hydroxylation is 2. The van der Waals surface area contributed by atoms with Crippen LogP contribution >= 0.6 is 0 Å². The standard InChI is InChI=1S/C13H19NO3S/c1-18(16,17)8-4-7-14-9-11-5-2-3-6-13(15)12(11)10-14/h9-10H,2-8H2,1H3. The normalized spacial score (nSPS) is 16.4. The first-order valence-electron chi connectivity index (χ1n) is 6.35. The van der Waals surface area contributed by atoms with Gasteiger partial charge in [-0.1, -0.05) is 0 Å². The number of carbonyl (C=O) groups excluding carboxylic acids is 1. The quantitative estimate of drug-likeness (QED) is 0.784. The molecular formula is C13H19NO3S. The van der Waals surface area contributed by atoms with Gasteiger partial charge in [-0.25, -0.2) is 8.42 Å². The van der Waals surface area contributed by atoms with Crippen molar-refractivity contribution >= 4 is 15.6 Å². The van der Waals surface area contributed by atoms with E-state index in [-0.39, 0.29) is 11.5 Å². The molecule has 0 spiro atoms. The second-order valence-corrected chi connectivity index (χ2v) is 7.31. The number of rotatable bonds is 4. The number of fused-ring (bicyclic) bond motifs is 1. The average molecular weight is 269 g/mol. The Balaban J connectivity index is 2.03. The van der Waals surface area contributed by atoms with Gasteiger partial charge in [-0.15, -0.1) is 0 Å².